The molecule has 2 aliphatic heterocycles. The van der Waals surface area contributed by atoms with Crippen LogP contribution < -0.4 is 24.8 Å². The van der Waals surface area contributed by atoms with E-state index in [4.69, 9.17) is 19.4 Å². The van der Waals surface area contributed by atoms with Gasteiger partial charge in [-0.15, -0.1) is 0 Å². The lowest BCUT2D eigenvalue weighted by atomic mass is 9.91. The fourth-order valence-corrected chi connectivity index (χ4v) is 3.87. The fourth-order valence-electron chi connectivity index (χ4n) is 3.87. The Kier molecular flexibility index (Phi) is 5.59. The molecule has 2 heterocycles. The molecule has 0 saturated heterocycles. The Morgan fingerprint density at radius 3 is 2.93 bits per heavy atom. The molecular formula is C22H24N3O5-. The Labute approximate surface area is 175 Å². The fraction of sp³-hybridized carbons (Fsp3) is 0.364. The summed E-state index contributed by atoms with van der Waals surface area (Å²) >= 11 is 0. The van der Waals surface area contributed by atoms with Crippen molar-refractivity contribution in [2.75, 3.05) is 44.6 Å². The first-order valence-corrected chi connectivity index (χ1v) is 9.68. The van der Waals surface area contributed by atoms with Gasteiger partial charge in [0, 0.05) is 17.8 Å². The van der Waals surface area contributed by atoms with E-state index in [0.29, 0.717) is 18.0 Å². The number of hydrogen-bond acceptors (Lipinski definition) is 8. The highest BCUT2D eigenvalue weighted by Gasteiger charge is 2.33. The van der Waals surface area contributed by atoms with Crippen LogP contribution in [0.15, 0.2) is 24.3 Å². The smallest absolute Gasteiger partial charge is 0.231 e. The van der Waals surface area contributed by atoms with Gasteiger partial charge in [0.2, 0.25) is 12.5 Å². The van der Waals surface area contributed by atoms with Crippen molar-refractivity contribution in [3.05, 3.63) is 46.2 Å². The molecule has 30 heavy (non-hydrogen) atoms. The molecule has 4 rings (SSSR count). The lowest BCUT2D eigenvalue weighted by Gasteiger charge is -2.32. The van der Waals surface area contributed by atoms with Crippen LogP contribution in [0.4, 0.5) is 11.4 Å². The zero-order valence-corrected chi connectivity index (χ0v) is 17.2. The van der Waals surface area contributed by atoms with Crippen LogP contribution in [0.1, 0.15) is 22.7 Å². The maximum atomic E-state index is 11.0. The Hall–Kier alpha value is -3.12. The molecular weight excluding hydrogens is 386 g/mol. The summed E-state index contributed by atoms with van der Waals surface area (Å²) in [6, 6.07) is 6.83. The molecule has 158 valence electrons. The predicted molar refractivity (Wildman–Crippen MR) is 113 cm³/mol. The number of benzene rings is 2. The highest BCUT2D eigenvalue weighted by Crippen LogP contribution is 2.49. The quantitative estimate of drug-likeness (QED) is 0.587. The second-order valence-corrected chi connectivity index (χ2v) is 7.30. The average molecular weight is 410 g/mol. The predicted octanol–water partition coefficient (Wildman–Crippen LogP) is 3.07. The van der Waals surface area contributed by atoms with E-state index in [1.165, 1.54) is 5.56 Å². The van der Waals surface area contributed by atoms with Crippen LogP contribution in [0, 0.1) is 24.0 Å². The van der Waals surface area contributed by atoms with Crippen LogP contribution in [0.5, 0.6) is 17.2 Å². The summed E-state index contributed by atoms with van der Waals surface area (Å²) in [6.45, 7) is 3.38. The standard InChI is InChI=1S/C22H24N3O5/c1-14-11-16(25(26)27)6-7-17(14)23-9-4-5-18-20-15(8-10-24(18)2)12-19-21(22(20)28-3)30-13-29-19/h6-7,11-12,18,23,26H,8-10,13H2,1-3H3/q-1/t18-/m1/s1. The van der Waals surface area contributed by atoms with Gasteiger partial charge in [-0.05, 0) is 55.8 Å². The van der Waals surface area contributed by atoms with E-state index in [-0.39, 0.29) is 23.7 Å². The van der Waals surface area contributed by atoms with E-state index < -0.39 is 0 Å². The largest absolute Gasteiger partial charge is 0.733 e. The molecule has 8 heteroatoms. The van der Waals surface area contributed by atoms with E-state index in [1.807, 2.05) is 20.0 Å². The molecule has 0 aliphatic carbocycles. The molecule has 0 saturated carbocycles. The highest BCUT2D eigenvalue weighted by atomic mass is 16.8. The summed E-state index contributed by atoms with van der Waals surface area (Å²) in [5.41, 5.74) is 4.09. The van der Waals surface area contributed by atoms with Gasteiger partial charge in [0.05, 0.1) is 19.3 Å². The molecule has 2 N–H and O–H groups in total. The lowest BCUT2D eigenvalue weighted by molar-refractivity contribution is 0.171. The van der Waals surface area contributed by atoms with Gasteiger partial charge in [-0.1, -0.05) is 11.8 Å². The number of hydrogen-bond donors (Lipinski definition) is 2. The first-order chi connectivity index (χ1) is 14.5. The molecule has 0 bridgehead atoms. The van der Waals surface area contributed by atoms with Crippen LogP contribution in [-0.4, -0.2) is 44.1 Å². The number of nitrogens with zero attached hydrogens (tertiary/aromatic N) is 2. The summed E-state index contributed by atoms with van der Waals surface area (Å²) in [5.74, 6) is 8.62. The zero-order valence-electron chi connectivity index (χ0n) is 17.2. The Morgan fingerprint density at radius 1 is 1.37 bits per heavy atom. The maximum absolute atomic E-state index is 11.0. The SMILES string of the molecule is COc1c2c(cc3c1[C@@H](C#CCNc1ccc(N([O-])O)cc1C)N(C)CC3)OCO2. The molecule has 0 amide bonds. The van der Waals surface area contributed by atoms with Crippen LogP contribution in [0.3, 0.4) is 0 Å². The maximum Gasteiger partial charge on any atom is 0.231 e. The van der Waals surface area contributed by atoms with Crippen molar-refractivity contribution in [3.63, 3.8) is 0 Å². The van der Waals surface area contributed by atoms with E-state index in [2.05, 4.69) is 22.1 Å². The molecule has 8 nitrogen and oxygen atoms in total. The number of methoxy groups -OCH3 is 1. The zero-order chi connectivity index (χ0) is 21.3. The number of ether oxygens (including phenoxy) is 3. The third-order valence-electron chi connectivity index (χ3n) is 5.43. The molecule has 2 aromatic carbocycles. The minimum atomic E-state index is -0.147. The van der Waals surface area contributed by atoms with Gasteiger partial charge in [-0.25, -0.2) is 0 Å². The second-order valence-electron chi connectivity index (χ2n) is 7.30. The van der Waals surface area contributed by atoms with Gasteiger partial charge in [0.1, 0.15) is 6.04 Å². The van der Waals surface area contributed by atoms with E-state index in [1.54, 1.807) is 25.3 Å². The summed E-state index contributed by atoms with van der Waals surface area (Å²) in [5, 5.41) is 23.1. The van der Waals surface area contributed by atoms with E-state index in [9.17, 15) is 5.21 Å². The van der Waals surface area contributed by atoms with E-state index in [0.717, 1.165) is 35.5 Å². The van der Waals surface area contributed by atoms with Crippen molar-refractivity contribution in [1.82, 2.24) is 4.90 Å². The number of nitrogens with one attached hydrogen (secondary N) is 1. The molecule has 0 radical (unpaired) electrons. The molecule has 2 aromatic rings. The molecule has 0 fully saturated rings. The number of likely N-dealkylation sites (N-methyl/N-ethyl adjacent to an activating group) is 1. The van der Waals surface area contributed by atoms with Gasteiger partial charge in [0.25, 0.3) is 0 Å². The molecule has 2 aliphatic rings. The third kappa shape index (κ3) is 3.71. The number of aryl methyl sites for hydroxylation is 1. The van der Waals surface area contributed by atoms with Gasteiger partial charge in [-0.2, -0.15) is 0 Å². The number of fused-ring (bicyclic) bond motifs is 2. The van der Waals surface area contributed by atoms with Gasteiger partial charge in [0.15, 0.2) is 11.5 Å². The molecule has 0 spiro atoms. The molecule has 1 atom stereocenters. The third-order valence-corrected chi connectivity index (χ3v) is 5.43. The molecule has 0 unspecified atom stereocenters. The van der Waals surface area contributed by atoms with Crippen LogP contribution in [0.2, 0.25) is 0 Å². The monoisotopic (exact) mass is 410 g/mol. The minimum absolute atomic E-state index is 0.119. The normalized spacial score (nSPS) is 17.0. The van der Waals surface area contributed by atoms with Crippen molar-refractivity contribution in [3.8, 4) is 29.1 Å². The number of anilines is 2. The van der Waals surface area contributed by atoms with Crippen LogP contribution in [0.25, 0.3) is 0 Å². The first-order valence-electron chi connectivity index (χ1n) is 9.68. The van der Waals surface area contributed by atoms with Crippen LogP contribution in [-0.2, 0) is 6.42 Å². The number of rotatable bonds is 4. The van der Waals surface area contributed by atoms with Gasteiger partial charge in [-0.3, -0.25) is 10.1 Å². The van der Waals surface area contributed by atoms with E-state index >= 15 is 0 Å². The van der Waals surface area contributed by atoms with Crippen molar-refractivity contribution in [2.45, 2.75) is 19.4 Å². The summed E-state index contributed by atoms with van der Waals surface area (Å²) in [7, 11) is 3.69. The Bertz CT molecular complexity index is 1010. The van der Waals surface area contributed by atoms with Crippen molar-refractivity contribution < 1.29 is 19.4 Å². The minimum Gasteiger partial charge on any atom is -0.733 e. The first kappa shape index (κ1) is 20.2. The van der Waals surface area contributed by atoms with Crippen LogP contribution >= 0.6 is 0 Å². The van der Waals surface area contributed by atoms with Crippen molar-refractivity contribution in [2.24, 2.45) is 0 Å². The molecule has 0 aromatic heterocycles. The topological polar surface area (TPSA) is 89.5 Å². The average Bonchev–Trinajstić information content (AvgIpc) is 3.20. The summed E-state index contributed by atoms with van der Waals surface area (Å²) in [4.78, 5) is 2.20. The van der Waals surface area contributed by atoms with Gasteiger partial charge < -0.3 is 30.0 Å². The van der Waals surface area contributed by atoms with Crippen molar-refractivity contribution in [1.29, 1.82) is 0 Å². The second kappa shape index (κ2) is 8.32. The van der Waals surface area contributed by atoms with Gasteiger partial charge >= 0.3 is 0 Å². The highest BCUT2D eigenvalue weighted by molar-refractivity contribution is 5.63. The lowest BCUT2D eigenvalue weighted by Crippen LogP contribution is -2.31. The summed E-state index contributed by atoms with van der Waals surface area (Å²) < 4.78 is 16.9. The Balaban J connectivity index is 1.55. The summed E-state index contributed by atoms with van der Waals surface area (Å²) in [6.07, 6.45) is 0.891. The Morgan fingerprint density at radius 2 is 2.20 bits per heavy atom. The van der Waals surface area contributed by atoms with Crippen molar-refractivity contribution >= 4 is 11.4 Å².